The highest BCUT2D eigenvalue weighted by Crippen LogP contribution is 2.30. The van der Waals surface area contributed by atoms with E-state index < -0.39 is 27.2 Å². The van der Waals surface area contributed by atoms with Gasteiger partial charge in [0.1, 0.15) is 0 Å². The lowest BCUT2D eigenvalue weighted by molar-refractivity contribution is -0.358. The molecular weight excluding hydrogens is 776 g/mol. The highest BCUT2D eigenvalue weighted by Gasteiger charge is 2.46. The Morgan fingerprint density at radius 2 is 0.725 bits per heavy atom. The van der Waals surface area contributed by atoms with Gasteiger partial charge in [-0.1, -0.05) is 238 Å². The van der Waals surface area contributed by atoms with Crippen LogP contribution >= 0.6 is 31.9 Å². The number of unbranched alkanes of at least 4 members (excludes halogenated alkanes) is 30. The molecule has 2 amide bonds. The van der Waals surface area contributed by atoms with Crippen LogP contribution in [0.1, 0.15) is 219 Å². The quantitative estimate of drug-likeness (QED) is 0.0182. The van der Waals surface area contributed by atoms with Crippen LogP contribution in [0.2, 0.25) is 0 Å². The monoisotopic (exact) mass is 854 g/mol. The van der Waals surface area contributed by atoms with Gasteiger partial charge in [0.25, 0.3) is 11.8 Å². The Balaban J connectivity index is 4.41. The summed E-state index contributed by atoms with van der Waals surface area (Å²) < 4.78 is -1.92. The van der Waals surface area contributed by atoms with Gasteiger partial charge in [0.15, 0.2) is 0 Å². The molecule has 0 radical (unpaired) electrons. The zero-order chi connectivity index (χ0) is 38.1. The summed E-state index contributed by atoms with van der Waals surface area (Å²) in [6, 6.07) is 0. The largest absolute Gasteiger partial charge is 0.367 e. The third kappa shape index (κ3) is 29.7. The van der Waals surface area contributed by atoms with Gasteiger partial charge in [-0.15, -0.1) is 0 Å². The SMILES string of the molecule is CCCCCCCCCCCCCCCCCCN(CCCCCCCCCCCCCCCCCC)C(=O)C(Br)(Br)C(=O)NC(O)C(O)(O)O. The molecule has 5 N–H and O–H groups in total. The molecule has 0 aromatic rings. The van der Waals surface area contributed by atoms with E-state index in [1.807, 2.05) is 5.32 Å². The molecule has 0 bridgehead atoms. The molecule has 8 nitrogen and oxygen atoms in total. The van der Waals surface area contributed by atoms with Gasteiger partial charge in [-0.05, 0) is 12.8 Å². The number of nitrogens with zero attached hydrogens (tertiary/aromatic N) is 1. The summed E-state index contributed by atoms with van der Waals surface area (Å²) in [6.45, 7) is 5.55. The molecule has 0 aliphatic rings. The maximum Gasteiger partial charge on any atom is 0.323 e. The summed E-state index contributed by atoms with van der Waals surface area (Å²) in [5, 5.41) is 39.1. The van der Waals surface area contributed by atoms with Crippen LogP contribution in [0.15, 0.2) is 0 Å². The van der Waals surface area contributed by atoms with Gasteiger partial charge in [-0.25, -0.2) is 0 Å². The molecule has 1 atom stereocenters. The summed E-state index contributed by atoms with van der Waals surface area (Å²) >= 11 is 6.29. The Morgan fingerprint density at radius 1 is 0.490 bits per heavy atom. The number of aliphatic hydroxyl groups is 4. The predicted molar refractivity (Wildman–Crippen MR) is 220 cm³/mol. The maximum absolute atomic E-state index is 13.5. The first-order chi connectivity index (χ1) is 24.5. The van der Waals surface area contributed by atoms with Crippen LogP contribution in [0, 0.1) is 0 Å². The van der Waals surface area contributed by atoms with Crippen LogP contribution in [-0.2, 0) is 9.59 Å². The van der Waals surface area contributed by atoms with Crippen LogP contribution in [-0.4, -0.2) is 65.7 Å². The van der Waals surface area contributed by atoms with E-state index in [9.17, 15) is 30.0 Å². The third-order valence-corrected chi connectivity index (χ3v) is 11.4. The van der Waals surface area contributed by atoms with E-state index in [0.29, 0.717) is 13.1 Å². The number of aliphatic hydroxyl groups excluding tert-OH is 1. The number of carbonyl (C=O) groups excluding carboxylic acids is 2. The molecule has 0 saturated carbocycles. The summed E-state index contributed by atoms with van der Waals surface area (Å²) in [6.07, 6.45) is 38.2. The third-order valence-electron chi connectivity index (χ3n) is 10.0. The van der Waals surface area contributed by atoms with Crippen molar-refractivity contribution in [2.75, 3.05) is 13.1 Å². The second kappa shape index (κ2) is 34.2. The van der Waals surface area contributed by atoms with Crippen LogP contribution < -0.4 is 5.32 Å². The average molecular weight is 857 g/mol. The number of alkyl halides is 2. The summed E-state index contributed by atoms with van der Waals surface area (Å²) in [5.41, 5.74) is 0. The minimum absolute atomic E-state index is 0.509. The van der Waals surface area contributed by atoms with Crippen molar-refractivity contribution >= 4 is 43.7 Å². The van der Waals surface area contributed by atoms with E-state index in [4.69, 9.17) is 0 Å². The Morgan fingerprint density at radius 3 is 0.961 bits per heavy atom. The molecule has 0 heterocycles. The predicted octanol–water partition coefficient (Wildman–Crippen LogP) is 10.9. The van der Waals surface area contributed by atoms with E-state index in [1.165, 1.54) is 167 Å². The molecule has 0 saturated heterocycles. The van der Waals surface area contributed by atoms with Crippen molar-refractivity contribution in [3.63, 3.8) is 0 Å². The molecule has 1 unspecified atom stereocenters. The lowest BCUT2D eigenvalue weighted by Gasteiger charge is -2.30. The summed E-state index contributed by atoms with van der Waals surface area (Å²) in [5.74, 6) is -5.09. The number of hydrogen-bond acceptors (Lipinski definition) is 6. The molecule has 10 heteroatoms. The molecule has 0 spiro atoms. The molecule has 51 heavy (non-hydrogen) atoms. The fourth-order valence-electron chi connectivity index (χ4n) is 6.62. The molecular formula is C41H80Br2N2O6. The van der Waals surface area contributed by atoms with Crippen molar-refractivity contribution in [2.24, 2.45) is 0 Å². The standard InChI is InChI=1S/C41H80Br2N2O6/c1-3-5-7-9-11-13-15-17-19-21-23-25-27-29-31-33-35-45(39(48)40(42,43)37(46)44-38(47)41(49,50)51)36-34-32-30-28-26-24-22-20-18-16-14-12-10-8-6-4-2/h38,47,49-51H,3-36H2,1-2H3,(H,44,46). The van der Waals surface area contributed by atoms with Crippen molar-refractivity contribution in [2.45, 2.75) is 235 Å². The van der Waals surface area contributed by atoms with Crippen LogP contribution in [0.25, 0.3) is 0 Å². The summed E-state index contributed by atoms with van der Waals surface area (Å²) in [7, 11) is 0. The zero-order valence-corrected chi connectivity index (χ0v) is 36.1. The topological polar surface area (TPSA) is 130 Å². The number of amides is 2. The van der Waals surface area contributed by atoms with Crippen molar-refractivity contribution in [1.82, 2.24) is 10.2 Å². The van der Waals surface area contributed by atoms with Crippen LogP contribution in [0.5, 0.6) is 0 Å². The van der Waals surface area contributed by atoms with E-state index >= 15 is 0 Å². The molecule has 0 aromatic carbocycles. The van der Waals surface area contributed by atoms with Gasteiger partial charge >= 0.3 is 5.97 Å². The molecule has 0 rings (SSSR count). The first-order valence-electron chi connectivity index (χ1n) is 21.3. The Kier molecular flexibility index (Phi) is 34.1. The number of halogens is 2. The second-order valence-electron chi connectivity index (χ2n) is 15.0. The number of hydrogen-bond donors (Lipinski definition) is 5. The first-order valence-corrected chi connectivity index (χ1v) is 22.9. The Labute approximate surface area is 330 Å². The number of nitrogens with one attached hydrogen (secondary N) is 1. The fraction of sp³-hybridized carbons (Fsp3) is 0.951. The van der Waals surface area contributed by atoms with Gasteiger partial charge in [0.05, 0.1) is 0 Å². The lowest BCUT2D eigenvalue weighted by Crippen LogP contribution is -2.58. The maximum atomic E-state index is 13.5. The van der Waals surface area contributed by atoms with Crippen molar-refractivity contribution in [3.8, 4) is 0 Å². The van der Waals surface area contributed by atoms with E-state index in [2.05, 4.69) is 45.7 Å². The first kappa shape index (κ1) is 50.7. The van der Waals surface area contributed by atoms with Crippen LogP contribution in [0.4, 0.5) is 0 Å². The van der Waals surface area contributed by atoms with Gasteiger partial charge in [-0.3, -0.25) is 9.59 Å². The second-order valence-corrected chi connectivity index (χ2v) is 18.5. The molecule has 0 aliphatic carbocycles. The van der Waals surface area contributed by atoms with Crippen molar-refractivity contribution in [1.29, 1.82) is 0 Å². The highest BCUT2D eigenvalue weighted by molar-refractivity contribution is 9.26. The van der Waals surface area contributed by atoms with E-state index in [-0.39, 0.29) is 0 Å². The highest BCUT2D eigenvalue weighted by atomic mass is 79.9. The van der Waals surface area contributed by atoms with Gasteiger partial charge in [-0.2, -0.15) is 0 Å². The van der Waals surface area contributed by atoms with E-state index in [0.717, 1.165) is 38.5 Å². The average Bonchev–Trinajstić information content (AvgIpc) is 3.09. The minimum Gasteiger partial charge on any atom is -0.367 e. The number of carbonyl (C=O) groups is 2. The van der Waals surface area contributed by atoms with Gasteiger partial charge in [0.2, 0.25) is 9.46 Å². The van der Waals surface area contributed by atoms with E-state index in [1.54, 1.807) is 4.90 Å². The normalized spacial score (nSPS) is 12.7. The minimum atomic E-state index is -3.53. The lowest BCUT2D eigenvalue weighted by atomic mass is 10.0. The molecule has 0 aromatic heterocycles. The Bertz CT molecular complexity index is 776. The molecule has 0 fully saturated rings. The van der Waals surface area contributed by atoms with Crippen molar-refractivity contribution < 1.29 is 30.0 Å². The Hall–Kier alpha value is -0.260. The van der Waals surface area contributed by atoms with Crippen molar-refractivity contribution in [3.05, 3.63) is 0 Å². The summed E-state index contributed by atoms with van der Waals surface area (Å²) in [4.78, 5) is 28.0. The molecule has 304 valence electrons. The number of rotatable bonds is 38. The van der Waals surface area contributed by atoms with Gasteiger partial charge < -0.3 is 30.6 Å². The smallest absolute Gasteiger partial charge is 0.323 e. The fourth-order valence-corrected chi connectivity index (χ4v) is 7.35. The van der Waals surface area contributed by atoms with Gasteiger partial charge in [0, 0.05) is 13.1 Å². The molecule has 0 aliphatic heterocycles. The van der Waals surface area contributed by atoms with Crippen LogP contribution in [0.3, 0.4) is 0 Å². The zero-order valence-electron chi connectivity index (χ0n) is 32.9.